The van der Waals surface area contributed by atoms with Gasteiger partial charge >= 0.3 is 24.1 Å². The molecule has 0 aliphatic carbocycles. The normalized spacial score (nSPS) is 22.3. The Morgan fingerprint density at radius 2 is 0.884 bits per heavy atom. The molecular formula is C61H57BrN14O18S. The number of ether oxygens (including phenoxy) is 4. The number of carbonyl (C=O) groups is 14. The topological polar surface area (TPSA) is 424 Å². The van der Waals surface area contributed by atoms with Crippen LogP contribution in [0.2, 0.25) is 0 Å². The van der Waals surface area contributed by atoms with Gasteiger partial charge in [0.25, 0.3) is 47.3 Å². The van der Waals surface area contributed by atoms with Gasteiger partial charge in [-0.15, -0.1) is 17.8 Å². The number of rotatable bonds is 16. The van der Waals surface area contributed by atoms with Crippen LogP contribution in [0.1, 0.15) is 76.3 Å². The second-order valence-corrected chi connectivity index (χ2v) is 23.8. The molecule has 8 aliphatic rings. The highest BCUT2D eigenvalue weighted by Gasteiger charge is 2.56. The van der Waals surface area contributed by atoms with Gasteiger partial charge < -0.3 is 65.5 Å². The van der Waals surface area contributed by atoms with E-state index in [1.165, 1.54) is 55.0 Å². The van der Waals surface area contributed by atoms with Gasteiger partial charge in [-0.1, -0.05) is 46.1 Å². The largest absolute Gasteiger partial charge is 0.497 e. The number of ketones is 2. The van der Waals surface area contributed by atoms with Crippen molar-refractivity contribution in [3.63, 3.8) is 0 Å². The molecule has 0 radical (unpaired) electrons. The highest BCUT2D eigenvalue weighted by atomic mass is 79.9. The average molecular weight is 1390 g/mol. The highest BCUT2D eigenvalue weighted by molar-refractivity contribution is 9.09. The van der Waals surface area contributed by atoms with E-state index in [1.54, 1.807) is 72.1 Å². The first-order valence-electron chi connectivity index (χ1n) is 28.4. The Bertz CT molecular complexity index is 4250. The zero-order valence-corrected chi connectivity index (χ0v) is 53.3. The minimum atomic E-state index is -1.78. The van der Waals surface area contributed by atoms with Crippen molar-refractivity contribution in [3.05, 3.63) is 128 Å². The predicted molar refractivity (Wildman–Crippen MR) is 332 cm³/mol. The molecule has 4 fully saturated rings. The van der Waals surface area contributed by atoms with E-state index >= 15 is 0 Å². The summed E-state index contributed by atoms with van der Waals surface area (Å²) < 4.78 is 20.5. The first-order chi connectivity index (χ1) is 45.2. The second-order valence-electron chi connectivity index (χ2n) is 22.3. The summed E-state index contributed by atoms with van der Waals surface area (Å²) in [4.78, 5) is 179. The molecule has 95 heavy (non-hydrogen) atoms. The highest BCUT2D eigenvalue weighted by Crippen LogP contribution is 2.36. The van der Waals surface area contributed by atoms with E-state index in [0.717, 1.165) is 33.6 Å². The number of benzene rings is 4. The van der Waals surface area contributed by atoms with Gasteiger partial charge in [-0.2, -0.15) is 0 Å². The smallest absolute Gasteiger partial charge is 0.323 e. The van der Waals surface area contributed by atoms with Crippen LogP contribution in [0.5, 0.6) is 23.0 Å². The summed E-state index contributed by atoms with van der Waals surface area (Å²) in [7, 11) is 6.05. The number of urea groups is 4. The molecule has 10 N–H and O–H groups in total. The van der Waals surface area contributed by atoms with Crippen molar-refractivity contribution in [1.29, 1.82) is 0 Å². The standard InChI is InChI=1S/C16H15N5O4S.C15H14BrN3O5.C15H15N3O5.C15H13N3O4/c1-25-9-3-2-8-5-21(12(22)10(8)4-9)7-16(11-6-26-14(17)18-11)13(23)19-15(24)20-16;1-24-9-3-2-8-6-19(12(21)10(8)4-9)7-15(11(20)5-16)13(22)17-14(23)18-15;1-8(19)15(13(21)16-14(22)17-15)7-18-6-9-3-4-10(23-2)5-11(9)12(18)20;1-3-15(13(20)16-14(21)17-15)8-18-7-9-4-5-10(22-2)6-11(9)12(18)19/h2-4,6H,5,7H2,1H3,(H2,17,18)(H2,19,20,23,24);2-4H,5-7H2,1H3,(H2,17,18,22,23);3-5H,6-7H2,1-2H3,(H2,16,17,21,22);1,4-6H,7-8H2,2H3,(H2,16,17,20,21)/t16-;3*15-/m0001/s1. The number of nitrogens with zero attached hydrogens (tertiary/aromatic N) is 5. The summed E-state index contributed by atoms with van der Waals surface area (Å²) in [5.41, 5.74) is 4.64. The Hall–Kier alpha value is -11.5. The molecular weight excluding hydrogens is 1330 g/mol. The fraction of sp³-hybridized carbons (Fsp3) is 0.295. The van der Waals surface area contributed by atoms with E-state index in [1.807, 2.05) is 11.4 Å². The molecule has 492 valence electrons. The number of anilines is 1. The molecule has 0 unspecified atom stereocenters. The predicted octanol–water partition coefficient (Wildman–Crippen LogP) is 0.298. The molecule has 1 aromatic heterocycles. The van der Waals surface area contributed by atoms with Crippen molar-refractivity contribution < 1.29 is 86.1 Å². The monoisotopic (exact) mass is 1380 g/mol. The van der Waals surface area contributed by atoms with Crippen LogP contribution >= 0.6 is 27.3 Å². The van der Waals surface area contributed by atoms with Crippen molar-refractivity contribution in [2.45, 2.75) is 55.3 Å². The van der Waals surface area contributed by atoms with Gasteiger partial charge in [0, 0.05) is 53.8 Å². The first kappa shape index (κ1) is 66.5. The fourth-order valence-electron chi connectivity index (χ4n) is 11.6. The van der Waals surface area contributed by atoms with Crippen molar-refractivity contribution in [2.24, 2.45) is 0 Å². The number of hydrogen-bond donors (Lipinski definition) is 9. The minimum Gasteiger partial charge on any atom is -0.497 e. The number of nitrogen functional groups attached to an aromatic ring is 1. The Labute approximate surface area is 550 Å². The molecule has 0 saturated carbocycles. The zero-order chi connectivity index (χ0) is 68.6. The lowest BCUT2D eigenvalue weighted by Crippen LogP contribution is -2.61. The zero-order valence-electron chi connectivity index (χ0n) is 50.9. The van der Waals surface area contributed by atoms with Crippen molar-refractivity contribution in [2.75, 3.05) is 65.7 Å². The van der Waals surface area contributed by atoms with E-state index in [2.05, 4.69) is 64.1 Å². The van der Waals surface area contributed by atoms with Crippen LogP contribution in [-0.2, 0) is 60.5 Å². The number of nitrogens with one attached hydrogen (secondary N) is 8. The first-order valence-corrected chi connectivity index (χ1v) is 30.4. The number of carbonyl (C=O) groups excluding carboxylic acids is 14. The number of hydrogen-bond acceptors (Lipinski definition) is 21. The van der Waals surface area contributed by atoms with Crippen molar-refractivity contribution in [3.8, 4) is 35.3 Å². The number of fused-ring (bicyclic) bond motifs is 4. The van der Waals surface area contributed by atoms with Crippen LogP contribution in [0.15, 0.2) is 78.2 Å². The van der Waals surface area contributed by atoms with Gasteiger partial charge in [0.1, 0.15) is 23.0 Å². The number of Topliss-reactive ketones (excluding diaryl/α,β-unsaturated/α-hetero) is 2. The maximum absolute atomic E-state index is 12.8. The molecule has 4 saturated heterocycles. The number of amides is 16. The Kier molecular flexibility index (Phi) is 18.1. The molecule has 9 heterocycles. The van der Waals surface area contributed by atoms with Gasteiger partial charge in [0.15, 0.2) is 38.9 Å². The number of aromatic nitrogens is 1. The summed E-state index contributed by atoms with van der Waals surface area (Å²) >= 11 is 4.18. The second kappa shape index (κ2) is 25.9. The Morgan fingerprint density at radius 1 is 0.526 bits per heavy atom. The third-order valence-electron chi connectivity index (χ3n) is 16.7. The molecule has 32 nitrogen and oxygen atoms in total. The van der Waals surface area contributed by atoms with Crippen LogP contribution in [0.3, 0.4) is 0 Å². The van der Waals surface area contributed by atoms with E-state index in [9.17, 15) is 67.1 Å². The van der Waals surface area contributed by atoms with Gasteiger partial charge in [0.2, 0.25) is 0 Å². The quantitative estimate of drug-likeness (QED) is 0.0278. The molecule has 13 rings (SSSR count). The van der Waals surface area contributed by atoms with Crippen LogP contribution < -0.4 is 67.2 Å². The molecule has 4 aromatic carbocycles. The van der Waals surface area contributed by atoms with E-state index < -0.39 is 81.5 Å². The Balaban J connectivity index is 0.000000138. The maximum Gasteiger partial charge on any atom is 0.323 e. The third kappa shape index (κ3) is 12.3. The van der Waals surface area contributed by atoms with Crippen LogP contribution in [-0.4, -0.2) is 184 Å². The molecule has 34 heteroatoms. The molecule has 16 amide bonds. The van der Waals surface area contributed by atoms with Crippen LogP contribution in [0.4, 0.5) is 24.3 Å². The van der Waals surface area contributed by atoms with Crippen molar-refractivity contribution in [1.82, 2.24) is 67.1 Å². The summed E-state index contributed by atoms with van der Waals surface area (Å²) in [5, 5.41) is 19.9. The number of terminal acetylenes is 1. The average Bonchev–Trinajstić information content (AvgIpc) is 1.63. The summed E-state index contributed by atoms with van der Waals surface area (Å²) in [5.74, 6) is -0.310. The molecule has 4 atom stereocenters. The third-order valence-corrected chi connectivity index (χ3v) is 17.8. The lowest BCUT2D eigenvalue weighted by Gasteiger charge is -2.29. The van der Waals surface area contributed by atoms with E-state index in [0.29, 0.717) is 64.0 Å². The number of alkyl halides is 1. The van der Waals surface area contributed by atoms with Gasteiger partial charge in [-0.05, 0) is 77.7 Å². The lowest BCUT2D eigenvalue weighted by atomic mass is 9.94. The number of halogens is 1. The lowest BCUT2D eigenvalue weighted by molar-refractivity contribution is -0.135. The number of methoxy groups -OCH3 is 4. The molecule has 5 aromatic rings. The van der Waals surface area contributed by atoms with Gasteiger partial charge in [0.05, 0.1) is 65.6 Å². The van der Waals surface area contributed by atoms with Crippen molar-refractivity contribution >= 4 is 115 Å². The molecule has 0 bridgehead atoms. The summed E-state index contributed by atoms with van der Waals surface area (Å²) in [6.07, 6.45) is 5.41. The van der Waals surface area contributed by atoms with E-state index in [4.69, 9.17) is 31.1 Å². The number of nitrogens with two attached hydrogens (primary N) is 1. The van der Waals surface area contributed by atoms with Gasteiger partial charge in [-0.3, -0.25) is 69.2 Å². The van der Waals surface area contributed by atoms with Gasteiger partial charge in [-0.25, -0.2) is 24.2 Å². The number of imide groups is 4. The minimum absolute atomic E-state index is 0.0520. The molecule has 0 spiro atoms. The fourth-order valence-corrected chi connectivity index (χ4v) is 12.7. The summed E-state index contributed by atoms with van der Waals surface area (Å²) in [6.45, 7) is 1.78. The van der Waals surface area contributed by atoms with E-state index in [-0.39, 0.29) is 73.4 Å². The van der Waals surface area contributed by atoms with Crippen LogP contribution in [0, 0.1) is 12.3 Å². The molecule has 8 aliphatic heterocycles. The Morgan fingerprint density at radius 3 is 1.20 bits per heavy atom. The maximum atomic E-state index is 12.8. The summed E-state index contributed by atoms with van der Waals surface area (Å²) in [6, 6.07) is 17.9. The SMILES string of the molecule is C#C[C@]1(CN2Cc3ccc(OC)cc3C2=O)NC(=O)NC1=O.COc1ccc2c(c1)C(=O)N(C[C@@]1(C(=O)CBr)NC(=O)NC1=O)C2.COc1ccc2c(c1)C(=O)N(C[C@@]1(C(C)=O)NC(=O)NC1=O)C2.COc1ccc2c(c1)C(=O)N(C[C@@]1(c3csc(N)n3)NC(=O)NC1=O)C2. The number of thiazole rings is 1. The van der Waals surface area contributed by atoms with Crippen LogP contribution in [0.25, 0.3) is 0 Å².